The van der Waals surface area contributed by atoms with Crippen molar-refractivity contribution in [2.45, 2.75) is 0 Å². The second-order valence-electron chi connectivity index (χ2n) is 6.11. The van der Waals surface area contributed by atoms with E-state index in [0.29, 0.717) is 5.84 Å². The van der Waals surface area contributed by atoms with Gasteiger partial charge in [-0.2, -0.15) is 5.10 Å². The molecule has 0 saturated carbocycles. The van der Waals surface area contributed by atoms with E-state index in [9.17, 15) is 0 Å². The van der Waals surface area contributed by atoms with Crippen molar-refractivity contribution in [1.29, 1.82) is 0 Å². The van der Waals surface area contributed by atoms with Crippen molar-refractivity contribution in [3.8, 4) is 0 Å². The van der Waals surface area contributed by atoms with Gasteiger partial charge < -0.3 is 0 Å². The summed E-state index contributed by atoms with van der Waals surface area (Å²) in [6.07, 6.45) is 1.76. The molecule has 0 bridgehead atoms. The number of rotatable bonds is 4. The molecule has 4 aromatic rings. The number of hydrogen-bond acceptors (Lipinski definition) is 3. The maximum atomic E-state index is 4.74. The zero-order valence-electron chi connectivity index (χ0n) is 15.0. The number of nitrogens with one attached hydrogen (secondary N) is 1. The first-order valence-electron chi connectivity index (χ1n) is 8.82. The molecule has 0 aliphatic carbocycles. The highest BCUT2D eigenvalue weighted by Gasteiger charge is 2.06. The van der Waals surface area contributed by atoms with E-state index in [-0.39, 0.29) is 0 Å². The first-order chi connectivity index (χ1) is 13.8. The summed E-state index contributed by atoms with van der Waals surface area (Å²) >= 11 is 3.44. The lowest BCUT2D eigenvalue weighted by atomic mass is 10.2. The number of nitrogens with zero attached hydrogens (tertiary/aromatic N) is 3. The first kappa shape index (κ1) is 18.1. The van der Waals surface area contributed by atoms with Gasteiger partial charge in [0.1, 0.15) is 5.69 Å². The van der Waals surface area contributed by atoms with E-state index in [1.165, 1.54) is 0 Å². The third kappa shape index (κ3) is 4.50. The second-order valence-corrected chi connectivity index (χ2v) is 7.02. The standard InChI is InChI=1S/C23H17BrN4/c24-19-13-10-17(11-14-19)16-25-28-23(26-20-7-2-1-3-8-20)22-15-12-18-6-4-5-9-21(18)27-22/h1-16H,(H,26,28). The molecule has 1 N–H and O–H groups in total. The highest BCUT2D eigenvalue weighted by Crippen LogP contribution is 2.15. The van der Waals surface area contributed by atoms with Crippen molar-refractivity contribution in [3.05, 3.63) is 107 Å². The van der Waals surface area contributed by atoms with Crippen molar-refractivity contribution in [3.63, 3.8) is 0 Å². The summed E-state index contributed by atoms with van der Waals surface area (Å²) in [4.78, 5) is 9.44. The molecule has 0 fully saturated rings. The van der Waals surface area contributed by atoms with E-state index in [2.05, 4.69) is 26.5 Å². The van der Waals surface area contributed by atoms with Crippen LogP contribution in [0, 0.1) is 0 Å². The number of para-hydroxylation sites is 2. The van der Waals surface area contributed by atoms with Crippen LogP contribution in [0.2, 0.25) is 0 Å². The summed E-state index contributed by atoms with van der Waals surface area (Å²) in [6, 6.07) is 29.7. The number of fused-ring (bicyclic) bond motifs is 1. The number of aromatic nitrogens is 1. The summed E-state index contributed by atoms with van der Waals surface area (Å²) in [5.74, 6) is 0.588. The van der Waals surface area contributed by atoms with E-state index in [4.69, 9.17) is 9.98 Å². The normalized spacial score (nSPS) is 11.8. The highest BCUT2D eigenvalue weighted by molar-refractivity contribution is 9.10. The number of benzene rings is 3. The maximum absolute atomic E-state index is 4.74. The molecule has 5 heteroatoms. The summed E-state index contributed by atoms with van der Waals surface area (Å²) in [5, 5.41) is 5.45. The number of pyridine rings is 1. The maximum Gasteiger partial charge on any atom is 0.173 e. The van der Waals surface area contributed by atoms with Crippen LogP contribution in [-0.4, -0.2) is 17.0 Å². The quantitative estimate of drug-likeness (QED) is 0.257. The van der Waals surface area contributed by atoms with Gasteiger partial charge in [0, 0.05) is 9.86 Å². The molecule has 0 aliphatic rings. The Kier molecular flexibility index (Phi) is 5.54. The third-order valence-electron chi connectivity index (χ3n) is 4.09. The molecule has 1 aromatic heterocycles. The Morgan fingerprint density at radius 1 is 0.821 bits per heavy atom. The predicted octanol–water partition coefficient (Wildman–Crippen LogP) is 5.70. The average molecular weight is 429 g/mol. The van der Waals surface area contributed by atoms with Gasteiger partial charge in [-0.1, -0.05) is 70.5 Å². The fraction of sp³-hybridized carbons (Fsp3) is 0. The lowest BCUT2D eigenvalue weighted by Crippen LogP contribution is -2.20. The Balaban J connectivity index is 1.67. The van der Waals surface area contributed by atoms with E-state index in [0.717, 1.165) is 32.3 Å². The van der Waals surface area contributed by atoms with Crippen molar-refractivity contribution in [2.75, 3.05) is 0 Å². The van der Waals surface area contributed by atoms with Crippen molar-refractivity contribution in [2.24, 2.45) is 10.1 Å². The number of halogens is 1. The molecule has 0 saturated heterocycles. The molecule has 0 amide bonds. The van der Waals surface area contributed by atoms with Gasteiger partial charge in [-0.3, -0.25) is 5.43 Å². The van der Waals surface area contributed by atoms with Gasteiger partial charge >= 0.3 is 0 Å². The van der Waals surface area contributed by atoms with Gasteiger partial charge in [0.05, 0.1) is 17.4 Å². The van der Waals surface area contributed by atoms with E-state index in [1.54, 1.807) is 6.21 Å². The SMILES string of the molecule is Brc1ccc(C=NNC(=Nc2ccccc2)c2ccc3ccccc3n2)cc1. The molecular formula is C23H17BrN4. The van der Waals surface area contributed by atoms with E-state index >= 15 is 0 Å². The minimum Gasteiger partial charge on any atom is -0.260 e. The van der Waals surface area contributed by atoms with Gasteiger partial charge in [0.25, 0.3) is 0 Å². The third-order valence-corrected chi connectivity index (χ3v) is 4.62. The molecule has 3 aromatic carbocycles. The second kappa shape index (κ2) is 8.59. The van der Waals surface area contributed by atoms with E-state index < -0.39 is 0 Å². The highest BCUT2D eigenvalue weighted by atomic mass is 79.9. The monoisotopic (exact) mass is 428 g/mol. The van der Waals surface area contributed by atoms with Crippen LogP contribution >= 0.6 is 15.9 Å². The Morgan fingerprint density at radius 3 is 2.39 bits per heavy atom. The molecule has 0 aliphatic heterocycles. The van der Waals surface area contributed by atoms with Gasteiger partial charge in [-0.15, -0.1) is 0 Å². The molecule has 0 atom stereocenters. The molecule has 0 spiro atoms. The predicted molar refractivity (Wildman–Crippen MR) is 119 cm³/mol. The number of hydrazone groups is 1. The smallest absolute Gasteiger partial charge is 0.173 e. The fourth-order valence-corrected chi connectivity index (χ4v) is 2.95. The fourth-order valence-electron chi connectivity index (χ4n) is 2.69. The van der Waals surface area contributed by atoms with Gasteiger partial charge in [0.15, 0.2) is 5.84 Å². The van der Waals surface area contributed by atoms with Crippen LogP contribution in [0.3, 0.4) is 0 Å². The van der Waals surface area contributed by atoms with Gasteiger partial charge in [0.2, 0.25) is 0 Å². The number of aliphatic imine (C=N–C) groups is 1. The van der Waals surface area contributed by atoms with Crippen molar-refractivity contribution >= 4 is 44.6 Å². The Labute approximate surface area is 171 Å². The van der Waals surface area contributed by atoms with Gasteiger partial charge in [-0.05, 0) is 42.0 Å². The van der Waals surface area contributed by atoms with E-state index in [1.807, 2.05) is 91.0 Å². The van der Waals surface area contributed by atoms with Crippen LogP contribution in [0.25, 0.3) is 10.9 Å². The summed E-state index contributed by atoms with van der Waals surface area (Å²) < 4.78 is 1.03. The van der Waals surface area contributed by atoms with Crippen LogP contribution in [-0.2, 0) is 0 Å². The topological polar surface area (TPSA) is 49.6 Å². The lowest BCUT2D eigenvalue weighted by molar-refractivity contribution is 1.02. The van der Waals surface area contributed by atoms with Crippen LogP contribution in [0.15, 0.2) is 106 Å². The van der Waals surface area contributed by atoms with Gasteiger partial charge in [-0.25, -0.2) is 9.98 Å². The largest absolute Gasteiger partial charge is 0.260 e. The molecular weight excluding hydrogens is 412 g/mol. The van der Waals surface area contributed by atoms with Crippen molar-refractivity contribution in [1.82, 2.24) is 10.4 Å². The number of amidine groups is 1. The van der Waals surface area contributed by atoms with Crippen LogP contribution in [0.1, 0.15) is 11.3 Å². The minimum atomic E-state index is 0.588. The molecule has 1 heterocycles. The van der Waals surface area contributed by atoms with Crippen LogP contribution in [0.5, 0.6) is 0 Å². The summed E-state index contributed by atoms with van der Waals surface area (Å²) in [6.45, 7) is 0. The minimum absolute atomic E-state index is 0.588. The lowest BCUT2D eigenvalue weighted by Gasteiger charge is -2.07. The molecule has 136 valence electrons. The molecule has 4 rings (SSSR count). The molecule has 0 unspecified atom stereocenters. The number of hydrogen-bond donors (Lipinski definition) is 1. The Morgan fingerprint density at radius 2 is 1.57 bits per heavy atom. The van der Waals surface area contributed by atoms with Crippen molar-refractivity contribution < 1.29 is 0 Å². The molecule has 4 nitrogen and oxygen atoms in total. The average Bonchev–Trinajstić information content (AvgIpc) is 2.75. The molecule has 0 radical (unpaired) electrons. The Hall–Kier alpha value is -3.31. The summed E-state index contributed by atoms with van der Waals surface area (Å²) in [7, 11) is 0. The Bertz CT molecular complexity index is 1140. The zero-order valence-corrected chi connectivity index (χ0v) is 16.5. The van der Waals surface area contributed by atoms with Crippen LogP contribution < -0.4 is 5.43 Å². The first-order valence-corrected chi connectivity index (χ1v) is 9.62. The summed E-state index contributed by atoms with van der Waals surface area (Å²) in [5.41, 5.74) is 6.53. The van der Waals surface area contributed by atoms with Crippen LogP contribution in [0.4, 0.5) is 5.69 Å². The zero-order chi connectivity index (χ0) is 19.2. The molecule has 28 heavy (non-hydrogen) atoms.